The fourth-order valence-electron chi connectivity index (χ4n) is 3.67. The van der Waals surface area contributed by atoms with Gasteiger partial charge in [-0.2, -0.15) is 0 Å². The van der Waals surface area contributed by atoms with E-state index in [1.54, 1.807) is 24.3 Å². The number of allylic oxidation sites excluding steroid dienone is 1. The zero-order chi connectivity index (χ0) is 23.5. The first-order chi connectivity index (χ1) is 16.1. The monoisotopic (exact) mass is 452 g/mol. The molecule has 0 radical (unpaired) electrons. The third-order valence-corrected chi connectivity index (χ3v) is 5.26. The maximum absolute atomic E-state index is 13.7. The molecule has 3 aromatic carbocycles. The lowest BCUT2D eigenvalue weighted by Crippen LogP contribution is -2.09. The Morgan fingerprint density at radius 2 is 1.42 bits per heavy atom. The van der Waals surface area contributed by atoms with E-state index in [1.165, 1.54) is 24.3 Å². The Labute approximate surface area is 194 Å². The second-order valence-corrected chi connectivity index (χ2v) is 7.68. The highest BCUT2D eigenvalue weighted by molar-refractivity contribution is 5.98. The number of hydrogen-bond donors (Lipinski definition) is 1. The van der Waals surface area contributed by atoms with Crippen LogP contribution in [0, 0.1) is 11.6 Å². The van der Waals surface area contributed by atoms with Gasteiger partial charge in [0.25, 0.3) is 0 Å². The molecule has 5 heteroatoms. The highest BCUT2D eigenvalue weighted by Crippen LogP contribution is 2.36. The Bertz CT molecular complexity index is 980. The maximum Gasteiger partial charge on any atom is 0.123 e. The molecule has 0 atom stereocenters. The Balaban J connectivity index is 2.05. The fraction of sp³-hybridized carbons (Fsp3) is 0.286. The summed E-state index contributed by atoms with van der Waals surface area (Å²) in [5.41, 5.74) is 4.79. The van der Waals surface area contributed by atoms with Crippen LogP contribution in [-0.4, -0.2) is 31.5 Å². The number of hydrogen-bond acceptors (Lipinski definition) is 3. The molecule has 0 aliphatic rings. The van der Waals surface area contributed by atoms with E-state index in [4.69, 9.17) is 14.6 Å². The standard InChI is InChI=1S/C28H30F2O3/c1-2-3-7-27(23-5-4-6-26(20-23)33-19-18-32-17-16-31)28(21-8-12-24(29)13-9-21)22-10-14-25(30)15-11-22/h4-6,8-15,20,31H,2-3,7,16-19H2,1H3. The summed E-state index contributed by atoms with van der Waals surface area (Å²) in [5, 5.41) is 8.81. The minimum atomic E-state index is -0.300. The van der Waals surface area contributed by atoms with Gasteiger partial charge in [0.2, 0.25) is 0 Å². The Morgan fingerprint density at radius 1 is 0.788 bits per heavy atom. The van der Waals surface area contributed by atoms with Crippen molar-refractivity contribution >= 4 is 11.1 Å². The topological polar surface area (TPSA) is 38.7 Å². The van der Waals surface area contributed by atoms with Gasteiger partial charge in [-0.15, -0.1) is 0 Å². The van der Waals surface area contributed by atoms with Gasteiger partial charge >= 0.3 is 0 Å². The third kappa shape index (κ3) is 7.24. The van der Waals surface area contributed by atoms with Crippen molar-refractivity contribution in [2.45, 2.75) is 26.2 Å². The molecule has 0 heterocycles. The van der Waals surface area contributed by atoms with Gasteiger partial charge in [-0.25, -0.2) is 8.78 Å². The van der Waals surface area contributed by atoms with Gasteiger partial charge < -0.3 is 14.6 Å². The van der Waals surface area contributed by atoms with Crippen molar-refractivity contribution in [2.75, 3.05) is 26.4 Å². The van der Waals surface area contributed by atoms with E-state index in [-0.39, 0.29) is 24.8 Å². The Morgan fingerprint density at radius 3 is 2.00 bits per heavy atom. The lowest BCUT2D eigenvalue weighted by Gasteiger charge is -2.18. The summed E-state index contributed by atoms with van der Waals surface area (Å²) in [5.74, 6) is 0.115. The van der Waals surface area contributed by atoms with Crippen LogP contribution in [0.15, 0.2) is 72.8 Å². The maximum atomic E-state index is 13.7. The quantitative estimate of drug-likeness (QED) is 0.252. The molecule has 0 amide bonds. The van der Waals surface area contributed by atoms with Crippen LogP contribution < -0.4 is 4.74 Å². The minimum Gasteiger partial charge on any atom is -0.491 e. The van der Waals surface area contributed by atoms with Crippen molar-refractivity contribution in [1.82, 2.24) is 0 Å². The second-order valence-electron chi connectivity index (χ2n) is 7.68. The molecule has 0 spiro atoms. The van der Waals surface area contributed by atoms with E-state index < -0.39 is 0 Å². The van der Waals surface area contributed by atoms with Crippen molar-refractivity contribution < 1.29 is 23.4 Å². The van der Waals surface area contributed by atoms with Gasteiger partial charge in [0.15, 0.2) is 0 Å². The molecule has 33 heavy (non-hydrogen) atoms. The van der Waals surface area contributed by atoms with Gasteiger partial charge in [0, 0.05) is 0 Å². The largest absolute Gasteiger partial charge is 0.491 e. The number of halogens is 2. The predicted molar refractivity (Wildman–Crippen MR) is 128 cm³/mol. The summed E-state index contributed by atoms with van der Waals surface area (Å²) in [6, 6.07) is 20.7. The number of aliphatic hydroxyl groups excluding tert-OH is 1. The zero-order valence-electron chi connectivity index (χ0n) is 18.9. The SMILES string of the molecule is CCCCC(=C(c1ccc(F)cc1)c1ccc(F)cc1)c1cccc(OCCOCCO)c1. The van der Waals surface area contributed by atoms with Gasteiger partial charge in [0.05, 0.1) is 19.8 Å². The molecule has 0 unspecified atom stereocenters. The van der Waals surface area contributed by atoms with Crippen LogP contribution in [0.2, 0.25) is 0 Å². The van der Waals surface area contributed by atoms with E-state index in [9.17, 15) is 8.78 Å². The van der Waals surface area contributed by atoms with Gasteiger partial charge in [-0.1, -0.05) is 49.7 Å². The zero-order valence-corrected chi connectivity index (χ0v) is 18.9. The number of ether oxygens (including phenoxy) is 2. The van der Waals surface area contributed by atoms with Crippen LogP contribution in [0.1, 0.15) is 42.9 Å². The van der Waals surface area contributed by atoms with E-state index >= 15 is 0 Å². The molecule has 0 bridgehead atoms. The van der Waals surface area contributed by atoms with Gasteiger partial charge in [0.1, 0.15) is 24.0 Å². The normalized spacial score (nSPS) is 10.8. The average Bonchev–Trinajstić information content (AvgIpc) is 2.83. The summed E-state index contributed by atoms with van der Waals surface area (Å²) < 4.78 is 38.5. The van der Waals surface area contributed by atoms with Crippen LogP contribution in [-0.2, 0) is 4.74 Å². The van der Waals surface area contributed by atoms with E-state index in [2.05, 4.69) is 6.92 Å². The molecule has 3 rings (SSSR count). The van der Waals surface area contributed by atoms with Gasteiger partial charge in [-0.3, -0.25) is 0 Å². The molecular weight excluding hydrogens is 422 g/mol. The molecule has 3 aromatic rings. The van der Waals surface area contributed by atoms with Crippen molar-refractivity contribution in [3.63, 3.8) is 0 Å². The summed E-state index contributed by atoms with van der Waals surface area (Å²) in [7, 11) is 0. The molecule has 0 aromatic heterocycles. The number of aliphatic hydroxyl groups is 1. The summed E-state index contributed by atoms with van der Waals surface area (Å²) >= 11 is 0. The lowest BCUT2D eigenvalue weighted by molar-refractivity contribution is 0.0705. The van der Waals surface area contributed by atoms with Crippen LogP contribution in [0.3, 0.4) is 0 Å². The van der Waals surface area contributed by atoms with Crippen molar-refractivity contribution in [2.24, 2.45) is 0 Å². The number of benzene rings is 3. The molecule has 0 fully saturated rings. The van der Waals surface area contributed by atoms with E-state index in [0.29, 0.717) is 19.0 Å². The van der Waals surface area contributed by atoms with Crippen LogP contribution in [0.4, 0.5) is 8.78 Å². The molecule has 0 aliphatic heterocycles. The van der Waals surface area contributed by atoms with E-state index in [0.717, 1.165) is 47.1 Å². The van der Waals surface area contributed by atoms with Crippen molar-refractivity contribution in [3.05, 3.63) is 101 Å². The first-order valence-electron chi connectivity index (χ1n) is 11.3. The number of rotatable bonds is 12. The highest BCUT2D eigenvalue weighted by Gasteiger charge is 2.15. The molecular formula is C28H30F2O3. The molecule has 174 valence electrons. The summed E-state index contributed by atoms with van der Waals surface area (Å²) in [4.78, 5) is 0. The fourth-order valence-corrected chi connectivity index (χ4v) is 3.67. The van der Waals surface area contributed by atoms with Crippen molar-refractivity contribution in [1.29, 1.82) is 0 Å². The Kier molecular flexibility index (Phi) is 9.60. The Hall–Kier alpha value is -3.02. The molecule has 0 saturated carbocycles. The van der Waals surface area contributed by atoms with Crippen LogP contribution in [0.5, 0.6) is 5.75 Å². The molecule has 0 saturated heterocycles. The number of unbranched alkanes of at least 4 members (excludes halogenated alkanes) is 1. The van der Waals surface area contributed by atoms with Gasteiger partial charge in [-0.05, 0) is 77.1 Å². The predicted octanol–water partition coefficient (Wildman–Crippen LogP) is 6.50. The first-order valence-corrected chi connectivity index (χ1v) is 11.3. The molecule has 3 nitrogen and oxygen atoms in total. The smallest absolute Gasteiger partial charge is 0.123 e. The summed E-state index contributed by atoms with van der Waals surface area (Å²) in [6.45, 7) is 3.17. The second kappa shape index (κ2) is 12.9. The summed E-state index contributed by atoms with van der Waals surface area (Å²) in [6.07, 6.45) is 2.80. The average molecular weight is 453 g/mol. The molecule has 0 aliphatic carbocycles. The van der Waals surface area contributed by atoms with E-state index in [1.807, 2.05) is 24.3 Å². The minimum absolute atomic E-state index is 0.0172. The molecule has 1 N–H and O–H groups in total. The lowest BCUT2D eigenvalue weighted by atomic mass is 9.87. The highest BCUT2D eigenvalue weighted by atomic mass is 19.1. The third-order valence-electron chi connectivity index (χ3n) is 5.26. The first kappa shape index (κ1) is 24.6. The van der Waals surface area contributed by atoms with Crippen molar-refractivity contribution in [3.8, 4) is 5.75 Å². The van der Waals surface area contributed by atoms with Crippen LogP contribution in [0.25, 0.3) is 11.1 Å². The van der Waals surface area contributed by atoms with Crippen LogP contribution >= 0.6 is 0 Å².